The van der Waals surface area contributed by atoms with E-state index in [1.165, 1.54) is 13.0 Å². The highest BCUT2D eigenvalue weighted by Crippen LogP contribution is 2.22. The van der Waals surface area contributed by atoms with Crippen molar-refractivity contribution in [2.24, 2.45) is 0 Å². The zero-order valence-corrected chi connectivity index (χ0v) is 18.9. The second-order valence-corrected chi connectivity index (χ2v) is 9.94. The van der Waals surface area contributed by atoms with Crippen LogP contribution in [0.1, 0.15) is 12.5 Å². The first-order chi connectivity index (χ1) is 15.1. The fraction of sp³-hybridized carbons (Fsp3) is 0.571. The van der Waals surface area contributed by atoms with Crippen LogP contribution in [0.2, 0.25) is 0 Å². The number of piperazine rings is 1. The summed E-state index contributed by atoms with van der Waals surface area (Å²) in [6.07, 6.45) is -4.79. The Morgan fingerprint density at radius 3 is 2.38 bits per heavy atom. The second-order valence-electron chi connectivity index (χ2n) is 8.21. The lowest BCUT2D eigenvalue weighted by atomic mass is 9.96. The van der Waals surface area contributed by atoms with E-state index in [1.807, 2.05) is 12.1 Å². The number of likely N-dealkylation sites (N-methyl/N-ethyl adjacent to an activating group) is 1. The lowest BCUT2D eigenvalue weighted by Crippen LogP contribution is -2.59. The van der Waals surface area contributed by atoms with Crippen molar-refractivity contribution in [2.45, 2.75) is 37.4 Å². The fourth-order valence-corrected chi connectivity index (χ4v) is 4.69. The smallest absolute Gasteiger partial charge is 0.250 e. The number of anilines is 1. The molecule has 11 heteroatoms. The standard InChI is InChI=1S/C21H30N4O6S/c1-14-19(26)21(28)20(27)18(31-14)13-23-32(29,30)17(12-22)11-15-3-5-16(6-4-15)25-9-7-24(2)8-10-25/h3-6,11,14,18-21,23,26-28H,7-10,13H2,1-2H3/b17-11+/t14?,18-,19+,20-,21-/m1/s1. The third-order valence-corrected chi connectivity index (χ3v) is 7.22. The van der Waals surface area contributed by atoms with E-state index in [9.17, 15) is 29.0 Å². The maximum Gasteiger partial charge on any atom is 0.250 e. The number of sulfonamides is 1. The van der Waals surface area contributed by atoms with E-state index in [0.717, 1.165) is 31.9 Å². The van der Waals surface area contributed by atoms with Crippen molar-refractivity contribution in [3.8, 4) is 6.07 Å². The minimum absolute atomic E-state index is 0.362. The molecule has 0 radical (unpaired) electrons. The van der Waals surface area contributed by atoms with Gasteiger partial charge in [-0.3, -0.25) is 0 Å². The molecule has 2 heterocycles. The Kier molecular flexibility index (Phi) is 7.89. The van der Waals surface area contributed by atoms with E-state index in [-0.39, 0.29) is 6.54 Å². The Labute approximate surface area is 188 Å². The lowest BCUT2D eigenvalue weighted by Gasteiger charge is -2.39. The summed E-state index contributed by atoms with van der Waals surface area (Å²) in [4.78, 5) is 4.02. The lowest BCUT2D eigenvalue weighted by molar-refractivity contribution is -0.214. The molecule has 0 spiro atoms. The number of nitrogens with one attached hydrogen (secondary N) is 1. The maximum absolute atomic E-state index is 12.6. The van der Waals surface area contributed by atoms with E-state index in [1.54, 1.807) is 18.2 Å². The first-order valence-electron chi connectivity index (χ1n) is 10.5. The molecular formula is C21H30N4O6S. The first-order valence-corrected chi connectivity index (χ1v) is 12.0. The summed E-state index contributed by atoms with van der Waals surface area (Å²) in [7, 11) is -2.10. The van der Waals surface area contributed by atoms with Crippen molar-refractivity contribution in [2.75, 3.05) is 44.7 Å². The van der Waals surface area contributed by atoms with Crippen LogP contribution in [0.25, 0.3) is 6.08 Å². The van der Waals surface area contributed by atoms with Crippen LogP contribution in [0.5, 0.6) is 0 Å². The van der Waals surface area contributed by atoms with Crippen molar-refractivity contribution < 1.29 is 28.5 Å². The Hall–Kier alpha value is -2.04. The van der Waals surface area contributed by atoms with Gasteiger partial charge in [0, 0.05) is 38.4 Å². The average Bonchev–Trinajstić information content (AvgIpc) is 2.78. The summed E-state index contributed by atoms with van der Waals surface area (Å²) >= 11 is 0. The Bertz CT molecular complexity index is 953. The number of benzene rings is 1. The zero-order chi connectivity index (χ0) is 23.5. The van der Waals surface area contributed by atoms with Gasteiger partial charge in [0.1, 0.15) is 30.5 Å². The molecule has 0 saturated carbocycles. The highest BCUT2D eigenvalue weighted by atomic mass is 32.2. The number of hydrogen-bond donors (Lipinski definition) is 4. The van der Waals surface area contributed by atoms with Gasteiger partial charge in [-0.1, -0.05) is 12.1 Å². The van der Waals surface area contributed by atoms with E-state index >= 15 is 0 Å². The molecule has 1 aromatic carbocycles. The largest absolute Gasteiger partial charge is 0.388 e. The van der Waals surface area contributed by atoms with Gasteiger partial charge in [-0.2, -0.15) is 5.26 Å². The van der Waals surface area contributed by atoms with Gasteiger partial charge in [0.05, 0.1) is 6.10 Å². The van der Waals surface area contributed by atoms with Crippen LogP contribution in [-0.4, -0.2) is 98.9 Å². The normalized spacial score (nSPS) is 30.2. The van der Waals surface area contributed by atoms with Crippen LogP contribution < -0.4 is 9.62 Å². The van der Waals surface area contributed by atoms with E-state index < -0.39 is 45.4 Å². The predicted octanol–water partition coefficient (Wildman–Crippen LogP) is -0.908. The summed E-state index contributed by atoms with van der Waals surface area (Å²) in [5.74, 6) is 0. The van der Waals surface area contributed by atoms with Crippen LogP contribution in [0, 0.1) is 11.3 Å². The van der Waals surface area contributed by atoms with Crippen LogP contribution >= 0.6 is 0 Å². The molecule has 0 aliphatic carbocycles. The van der Waals surface area contributed by atoms with Crippen molar-refractivity contribution in [3.63, 3.8) is 0 Å². The summed E-state index contributed by atoms with van der Waals surface area (Å²) in [5, 5.41) is 39.1. The predicted molar refractivity (Wildman–Crippen MR) is 119 cm³/mol. The zero-order valence-electron chi connectivity index (χ0n) is 18.1. The van der Waals surface area contributed by atoms with Gasteiger partial charge in [0.2, 0.25) is 0 Å². The molecule has 0 bridgehead atoms. The minimum Gasteiger partial charge on any atom is -0.388 e. The summed E-state index contributed by atoms with van der Waals surface area (Å²) in [6.45, 7) is 4.91. The topological polar surface area (TPSA) is 146 Å². The molecule has 1 aromatic rings. The average molecular weight is 467 g/mol. The second kappa shape index (κ2) is 10.3. The number of nitriles is 1. The number of ether oxygens (including phenoxy) is 1. The Balaban J connectivity index is 1.66. The molecule has 3 rings (SSSR count). The van der Waals surface area contributed by atoms with Crippen molar-refractivity contribution in [1.29, 1.82) is 5.26 Å². The Morgan fingerprint density at radius 1 is 1.16 bits per heavy atom. The van der Waals surface area contributed by atoms with Crippen molar-refractivity contribution in [1.82, 2.24) is 9.62 Å². The number of nitrogens with zero attached hydrogens (tertiary/aromatic N) is 3. The fourth-order valence-electron chi connectivity index (χ4n) is 3.74. The number of hydrogen-bond acceptors (Lipinski definition) is 9. The number of aliphatic hydroxyl groups is 3. The molecule has 32 heavy (non-hydrogen) atoms. The summed E-state index contributed by atoms with van der Waals surface area (Å²) in [6, 6.07) is 9.01. The molecule has 2 aliphatic heterocycles. The number of allylic oxidation sites excluding steroid dienone is 1. The van der Waals surface area contributed by atoms with E-state index in [0.29, 0.717) is 5.56 Å². The molecule has 0 aromatic heterocycles. The number of rotatable bonds is 6. The molecule has 0 amide bonds. The van der Waals surface area contributed by atoms with E-state index in [2.05, 4.69) is 21.6 Å². The third-order valence-electron chi connectivity index (χ3n) is 5.88. The molecule has 2 fully saturated rings. The molecule has 5 atom stereocenters. The van der Waals surface area contributed by atoms with Crippen LogP contribution in [0.3, 0.4) is 0 Å². The molecular weight excluding hydrogens is 436 g/mol. The SMILES string of the molecule is CC1O[C@H](CNS(=O)(=O)/C(C#N)=C/c2ccc(N3CCN(C)CC3)cc2)[C@@H](O)[C@H](O)[C@H]1O. The molecule has 1 unspecified atom stereocenters. The molecule has 10 nitrogen and oxygen atoms in total. The molecule has 2 aliphatic rings. The van der Waals surface area contributed by atoms with Gasteiger partial charge in [-0.15, -0.1) is 0 Å². The van der Waals surface area contributed by atoms with Crippen molar-refractivity contribution in [3.05, 3.63) is 34.7 Å². The van der Waals surface area contributed by atoms with Gasteiger partial charge < -0.3 is 29.9 Å². The van der Waals surface area contributed by atoms with Crippen LogP contribution in [-0.2, 0) is 14.8 Å². The van der Waals surface area contributed by atoms with Gasteiger partial charge >= 0.3 is 0 Å². The Morgan fingerprint density at radius 2 is 1.78 bits per heavy atom. The van der Waals surface area contributed by atoms with Crippen LogP contribution in [0.15, 0.2) is 29.2 Å². The highest BCUT2D eigenvalue weighted by Gasteiger charge is 2.42. The first kappa shape index (κ1) is 24.6. The van der Waals surface area contributed by atoms with Crippen molar-refractivity contribution >= 4 is 21.8 Å². The van der Waals surface area contributed by atoms with E-state index in [4.69, 9.17) is 4.74 Å². The molecule has 2 saturated heterocycles. The molecule has 176 valence electrons. The third kappa shape index (κ3) is 5.65. The monoisotopic (exact) mass is 466 g/mol. The molecule has 4 N–H and O–H groups in total. The highest BCUT2D eigenvalue weighted by molar-refractivity contribution is 7.93. The van der Waals surface area contributed by atoms with Gasteiger partial charge in [-0.25, -0.2) is 13.1 Å². The maximum atomic E-state index is 12.6. The van der Waals surface area contributed by atoms with Crippen LogP contribution in [0.4, 0.5) is 5.69 Å². The minimum atomic E-state index is -4.18. The summed E-state index contributed by atoms with van der Waals surface area (Å²) < 4.78 is 32.9. The quantitative estimate of drug-likeness (QED) is 0.391. The van der Waals surface area contributed by atoms with Gasteiger partial charge in [0.25, 0.3) is 10.0 Å². The summed E-state index contributed by atoms with van der Waals surface area (Å²) in [5.41, 5.74) is 1.60. The van der Waals surface area contributed by atoms with Gasteiger partial charge in [0.15, 0.2) is 4.91 Å². The van der Waals surface area contributed by atoms with Gasteiger partial charge in [-0.05, 0) is 37.7 Å². The number of aliphatic hydroxyl groups excluding tert-OH is 3.